The van der Waals surface area contributed by atoms with Crippen LogP contribution in [0.4, 0.5) is 9.52 Å². The number of halogens is 1. The van der Waals surface area contributed by atoms with Gasteiger partial charge in [0.2, 0.25) is 21.1 Å². The van der Waals surface area contributed by atoms with Gasteiger partial charge in [-0.2, -0.15) is 4.31 Å². The molecule has 25 heavy (non-hydrogen) atoms. The van der Waals surface area contributed by atoms with E-state index in [1.54, 1.807) is 6.92 Å². The maximum Gasteiger partial charge on any atom is 0.243 e. The van der Waals surface area contributed by atoms with Crippen molar-refractivity contribution in [1.29, 1.82) is 0 Å². The molecular weight excluding hydrogens is 367 g/mol. The van der Waals surface area contributed by atoms with E-state index < -0.39 is 21.8 Å². The molecule has 0 spiro atoms. The number of aryl methyl sites for hydroxylation is 1. The van der Waals surface area contributed by atoms with Crippen LogP contribution in [0.1, 0.15) is 17.8 Å². The van der Waals surface area contributed by atoms with Crippen molar-refractivity contribution in [2.24, 2.45) is 5.92 Å². The van der Waals surface area contributed by atoms with E-state index in [9.17, 15) is 17.6 Å². The zero-order chi connectivity index (χ0) is 18.0. The molecule has 0 radical (unpaired) electrons. The largest absolute Gasteiger partial charge is 0.300 e. The molecule has 7 nitrogen and oxygen atoms in total. The Morgan fingerprint density at radius 1 is 1.32 bits per heavy atom. The summed E-state index contributed by atoms with van der Waals surface area (Å²) in [6.45, 7) is 2.20. The molecule has 1 atom stereocenters. The first kappa shape index (κ1) is 17.9. The number of rotatable bonds is 4. The zero-order valence-corrected chi connectivity index (χ0v) is 15.1. The van der Waals surface area contributed by atoms with E-state index in [1.165, 1.54) is 27.8 Å². The minimum Gasteiger partial charge on any atom is -0.300 e. The highest BCUT2D eigenvalue weighted by molar-refractivity contribution is 7.89. The number of hydrogen-bond donors (Lipinski definition) is 1. The average Bonchev–Trinajstić information content (AvgIpc) is 3.00. The number of sulfonamides is 1. The van der Waals surface area contributed by atoms with Gasteiger partial charge in [0.1, 0.15) is 10.8 Å². The molecule has 10 heteroatoms. The topological polar surface area (TPSA) is 92.3 Å². The Morgan fingerprint density at radius 3 is 2.68 bits per heavy atom. The third-order valence-electron chi connectivity index (χ3n) is 3.96. The summed E-state index contributed by atoms with van der Waals surface area (Å²) in [5, 5.41) is 11.5. The van der Waals surface area contributed by atoms with E-state index in [0.29, 0.717) is 24.5 Å². The summed E-state index contributed by atoms with van der Waals surface area (Å²) < 4.78 is 39.7. The van der Waals surface area contributed by atoms with Gasteiger partial charge in [-0.15, -0.1) is 10.2 Å². The second-order valence-corrected chi connectivity index (χ2v) is 8.89. The highest BCUT2D eigenvalue weighted by Gasteiger charge is 2.33. The lowest BCUT2D eigenvalue weighted by Gasteiger charge is -2.31. The minimum absolute atomic E-state index is 0.0229. The molecular formula is C15H17FN4O3S2. The fraction of sp³-hybridized carbons (Fsp3) is 0.400. The first-order chi connectivity index (χ1) is 11.9. The molecule has 1 unspecified atom stereocenters. The molecule has 1 aliphatic rings. The Hall–Kier alpha value is -1.91. The van der Waals surface area contributed by atoms with Crippen LogP contribution in [0, 0.1) is 18.7 Å². The third-order valence-corrected chi connectivity index (χ3v) is 6.60. The molecule has 1 N–H and O–H groups in total. The van der Waals surface area contributed by atoms with Crippen LogP contribution >= 0.6 is 11.3 Å². The number of benzene rings is 1. The molecule has 0 saturated carbocycles. The molecule has 134 valence electrons. The first-order valence-corrected chi connectivity index (χ1v) is 9.98. The van der Waals surface area contributed by atoms with Crippen molar-refractivity contribution in [1.82, 2.24) is 14.5 Å². The molecule has 1 amide bonds. The number of nitrogens with zero attached hydrogens (tertiary/aromatic N) is 3. The third kappa shape index (κ3) is 4.02. The van der Waals surface area contributed by atoms with Gasteiger partial charge in [0.25, 0.3) is 0 Å². The Bertz CT molecular complexity index is 867. The number of carbonyl (C=O) groups excluding carboxylic acids is 1. The lowest BCUT2D eigenvalue weighted by Crippen LogP contribution is -2.43. The van der Waals surface area contributed by atoms with E-state index in [2.05, 4.69) is 15.5 Å². The number of nitrogens with one attached hydrogen (secondary N) is 1. The van der Waals surface area contributed by atoms with Crippen LogP contribution in [0.2, 0.25) is 0 Å². The van der Waals surface area contributed by atoms with Gasteiger partial charge in [0, 0.05) is 13.1 Å². The molecule has 0 aliphatic carbocycles. The predicted molar refractivity (Wildman–Crippen MR) is 91.2 cm³/mol. The van der Waals surface area contributed by atoms with Crippen molar-refractivity contribution in [3.63, 3.8) is 0 Å². The van der Waals surface area contributed by atoms with Gasteiger partial charge in [-0.1, -0.05) is 11.3 Å². The molecule has 1 aromatic heterocycles. The van der Waals surface area contributed by atoms with E-state index >= 15 is 0 Å². The molecule has 1 fully saturated rings. The van der Waals surface area contributed by atoms with Gasteiger partial charge in [0.15, 0.2) is 0 Å². The fourth-order valence-corrected chi connectivity index (χ4v) is 4.80. The Kier molecular flexibility index (Phi) is 5.11. The molecule has 2 aromatic rings. The van der Waals surface area contributed by atoms with Crippen LogP contribution < -0.4 is 5.32 Å². The summed E-state index contributed by atoms with van der Waals surface area (Å²) in [5.41, 5.74) is 0. The molecule has 1 saturated heterocycles. The number of anilines is 1. The Balaban J connectivity index is 1.71. The van der Waals surface area contributed by atoms with Crippen molar-refractivity contribution in [3.05, 3.63) is 35.1 Å². The van der Waals surface area contributed by atoms with E-state index in [1.807, 2.05) is 0 Å². The van der Waals surface area contributed by atoms with E-state index in [-0.39, 0.29) is 17.3 Å². The van der Waals surface area contributed by atoms with Gasteiger partial charge in [0.05, 0.1) is 10.8 Å². The van der Waals surface area contributed by atoms with Gasteiger partial charge in [-0.25, -0.2) is 12.8 Å². The smallest absolute Gasteiger partial charge is 0.243 e. The highest BCUT2D eigenvalue weighted by Crippen LogP contribution is 2.25. The SMILES string of the molecule is Cc1nnc(NC(=O)C2CCCN(S(=O)(=O)c3ccc(F)cc3)C2)s1. The molecule has 1 aliphatic heterocycles. The number of piperidine rings is 1. The van der Waals surface area contributed by atoms with Crippen molar-refractivity contribution in [2.45, 2.75) is 24.7 Å². The van der Waals surface area contributed by atoms with Crippen molar-refractivity contribution < 1.29 is 17.6 Å². The second kappa shape index (κ2) is 7.14. The number of hydrogen-bond acceptors (Lipinski definition) is 6. The monoisotopic (exact) mass is 384 g/mol. The second-order valence-electron chi connectivity index (χ2n) is 5.77. The summed E-state index contributed by atoms with van der Waals surface area (Å²) in [4.78, 5) is 12.4. The average molecular weight is 384 g/mol. The summed E-state index contributed by atoms with van der Waals surface area (Å²) in [6, 6.07) is 4.69. The van der Waals surface area contributed by atoms with Crippen LogP contribution in [-0.4, -0.2) is 41.9 Å². The predicted octanol–water partition coefficient (Wildman–Crippen LogP) is 2.03. The van der Waals surface area contributed by atoms with Crippen LogP contribution in [-0.2, 0) is 14.8 Å². The van der Waals surface area contributed by atoms with Crippen molar-refractivity contribution in [3.8, 4) is 0 Å². The fourth-order valence-electron chi connectivity index (χ4n) is 2.68. The maximum absolute atomic E-state index is 13.0. The quantitative estimate of drug-likeness (QED) is 0.871. The Labute approximate surface area is 148 Å². The summed E-state index contributed by atoms with van der Waals surface area (Å²) in [5.74, 6) is -1.23. The standard InChI is InChI=1S/C15H17FN4O3S2/c1-10-18-19-15(24-10)17-14(21)11-3-2-8-20(9-11)25(22,23)13-6-4-12(16)5-7-13/h4-7,11H,2-3,8-9H2,1H3,(H,17,19,21). The number of aromatic nitrogens is 2. The van der Waals surface area contributed by atoms with E-state index in [4.69, 9.17) is 0 Å². The summed E-state index contributed by atoms with van der Waals surface area (Å²) >= 11 is 1.26. The van der Waals surface area contributed by atoms with Crippen LogP contribution in [0.25, 0.3) is 0 Å². The number of carbonyl (C=O) groups is 1. The van der Waals surface area contributed by atoms with Gasteiger partial charge in [-0.3, -0.25) is 4.79 Å². The molecule has 0 bridgehead atoms. The van der Waals surface area contributed by atoms with Gasteiger partial charge >= 0.3 is 0 Å². The van der Waals surface area contributed by atoms with Gasteiger partial charge < -0.3 is 5.32 Å². The van der Waals surface area contributed by atoms with Gasteiger partial charge in [-0.05, 0) is 44.0 Å². The molecule has 3 rings (SSSR count). The summed E-state index contributed by atoms with van der Waals surface area (Å²) in [6.07, 6.45) is 1.17. The first-order valence-electron chi connectivity index (χ1n) is 7.73. The lowest BCUT2D eigenvalue weighted by atomic mass is 9.99. The maximum atomic E-state index is 13.0. The van der Waals surface area contributed by atoms with Crippen LogP contribution in [0.3, 0.4) is 0 Å². The molecule has 2 heterocycles. The highest BCUT2D eigenvalue weighted by atomic mass is 32.2. The molecule has 1 aromatic carbocycles. The van der Waals surface area contributed by atoms with E-state index in [0.717, 1.165) is 17.1 Å². The lowest BCUT2D eigenvalue weighted by molar-refractivity contribution is -0.120. The van der Waals surface area contributed by atoms with Crippen LogP contribution in [0.5, 0.6) is 0 Å². The summed E-state index contributed by atoms with van der Waals surface area (Å²) in [7, 11) is -3.75. The zero-order valence-electron chi connectivity index (χ0n) is 13.5. The van der Waals surface area contributed by atoms with Crippen molar-refractivity contribution in [2.75, 3.05) is 18.4 Å². The number of amides is 1. The Morgan fingerprint density at radius 2 is 2.04 bits per heavy atom. The normalized spacial score (nSPS) is 18.9. The van der Waals surface area contributed by atoms with Crippen molar-refractivity contribution >= 4 is 32.4 Å². The minimum atomic E-state index is -3.75. The van der Waals surface area contributed by atoms with Crippen LogP contribution in [0.15, 0.2) is 29.2 Å².